The summed E-state index contributed by atoms with van der Waals surface area (Å²) < 4.78 is 54.7. The van der Waals surface area contributed by atoms with Crippen molar-refractivity contribution in [2.75, 3.05) is 18.4 Å². The first kappa shape index (κ1) is 17.4. The highest BCUT2D eigenvalue weighted by atomic mass is 32.3. The van der Waals surface area contributed by atoms with Gasteiger partial charge >= 0.3 is 20.6 Å². The Morgan fingerprint density at radius 3 is 1.43 bits per heavy atom. The van der Waals surface area contributed by atoms with Crippen molar-refractivity contribution in [1.82, 2.24) is 4.31 Å². The molecular formula is C14H16N2O5S2. The van der Waals surface area contributed by atoms with Gasteiger partial charge in [0.2, 0.25) is 0 Å². The van der Waals surface area contributed by atoms with Crippen LogP contribution in [0.15, 0.2) is 60.7 Å². The zero-order chi connectivity index (χ0) is 17.1. The number of hydrogen-bond acceptors (Lipinski definition) is 5. The molecule has 0 saturated heterocycles. The van der Waals surface area contributed by atoms with E-state index in [0.717, 1.165) is 4.31 Å². The number of nitrogens with zero attached hydrogens (tertiary/aromatic N) is 2. The third-order valence-electron chi connectivity index (χ3n) is 2.82. The number of rotatable bonds is 6. The van der Waals surface area contributed by atoms with E-state index in [1.54, 1.807) is 36.4 Å². The van der Waals surface area contributed by atoms with Crippen molar-refractivity contribution in [1.29, 1.82) is 0 Å². The van der Waals surface area contributed by atoms with Crippen LogP contribution in [-0.2, 0) is 24.2 Å². The lowest BCUT2D eigenvalue weighted by Crippen LogP contribution is -2.34. The first-order chi connectivity index (χ1) is 10.7. The summed E-state index contributed by atoms with van der Waals surface area (Å²) >= 11 is 0. The van der Waals surface area contributed by atoms with Gasteiger partial charge in [-0.1, -0.05) is 36.4 Å². The number of anilines is 2. The van der Waals surface area contributed by atoms with Crippen LogP contribution in [0.2, 0.25) is 0 Å². The van der Waals surface area contributed by atoms with Gasteiger partial charge < -0.3 is 0 Å². The second kappa shape index (κ2) is 6.67. The molecule has 0 N–H and O–H groups in total. The normalized spacial score (nSPS) is 12.3. The van der Waals surface area contributed by atoms with Crippen LogP contribution in [0.25, 0.3) is 0 Å². The van der Waals surface area contributed by atoms with Crippen molar-refractivity contribution >= 4 is 32.0 Å². The Balaban J connectivity index is 2.55. The maximum absolute atomic E-state index is 12.5. The number of benzene rings is 2. The quantitative estimate of drug-likeness (QED) is 0.789. The summed E-state index contributed by atoms with van der Waals surface area (Å²) in [4.78, 5) is 0. The minimum absolute atomic E-state index is 0.257. The minimum Gasteiger partial charge on any atom is -0.215 e. The Kier molecular flexibility index (Phi) is 5.05. The molecule has 23 heavy (non-hydrogen) atoms. The Morgan fingerprint density at radius 2 is 1.09 bits per heavy atom. The molecule has 0 heterocycles. The van der Waals surface area contributed by atoms with Crippen LogP contribution in [0.1, 0.15) is 0 Å². The molecule has 0 amide bonds. The SMILES string of the molecule is CN(C)S(=O)(=O)OS(=O)(=O)N(c1ccccc1)c1ccccc1. The molecule has 0 atom stereocenters. The van der Waals surface area contributed by atoms with Crippen molar-refractivity contribution in [3.63, 3.8) is 0 Å². The fraction of sp³-hybridized carbons (Fsp3) is 0.143. The Hall–Kier alpha value is -1.94. The summed E-state index contributed by atoms with van der Waals surface area (Å²) in [6.45, 7) is 0. The highest BCUT2D eigenvalue weighted by Crippen LogP contribution is 2.29. The van der Waals surface area contributed by atoms with Crippen LogP contribution >= 0.6 is 0 Å². The van der Waals surface area contributed by atoms with Gasteiger partial charge in [-0.3, -0.25) is 0 Å². The molecule has 0 radical (unpaired) electrons. The number of hydrogen-bond donors (Lipinski definition) is 0. The van der Waals surface area contributed by atoms with E-state index in [4.69, 9.17) is 0 Å². The predicted molar refractivity (Wildman–Crippen MR) is 87.6 cm³/mol. The second-order valence-corrected chi connectivity index (χ2v) is 8.05. The molecule has 0 saturated carbocycles. The lowest BCUT2D eigenvalue weighted by molar-refractivity contribution is 0.413. The van der Waals surface area contributed by atoms with E-state index in [9.17, 15) is 16.8 Å². The first-order valence-electron chi connectivity index (χ1n) is 6.53. The predicted octanol–water partition coefficient (Wildman–Crippen LogP) is 1.89. The molecule has 2 aromatic rings. The summed E-state index contributed by atoms with van der Waals surface area (Å²) in [6.07, 6.45) is 0. The third kappa shape index (κ3) is 4.08. The molecule has 0 bridgehead atoms. The van der Waals surface area contributed by atoms with E-state index < -0.39 is 20.6 Å². The summed E-state index contributed by atoms with van der Waals surface area (Å²) in [5.74, 6) is 0. The van der Waals surface area contributed by atoms with Gasteiger partial charge in [-0.15, -0.1) is 3.63 Å². The van der Waals surface area contributed by atoms with E-state index in [1.165, 1.54) is 38.4 Å². The molecule has 2 aromatic carbocycles. The van der Waals surface area contributed by atoms with Gasteiger partial charge in [0.05, 0.1) is 11.4 Å². The van der Waals surface area contributed by atoms with Crippen LogP contribution in [0, 0.1) is 0 Å². The maximum atomic E-state index is 12.5. The van der Waals surface area contributed by atoms with Crippen LogP contribution in [0.5, 0.6) is 0 Å². The molecule has 0 fully saturated rings. The van der Waals surface area contributed by atoms with Crippen molar-refractivity contribution < 1.29 is 20.5 Å². The van der Waals surface area contributed by atoms with Gasteiger partial charge in [0, 0.05) is 14.1 Å². The average Bonchev–Trinajstić information content (AvgIpc) is 2.48. The fourth-order valence-electron chi connectivity index (χ4n) is 1.73. The van der Waals surface area contributed by atoms with Crippen LogP contribution in [-0.4, -0.2) is 35.2 Å². The highest BCUT2D eigenvalue weighted by Gasteiger charge is 2.32. The van der Waals surface area contributed by atoms with Crippen LogP contribution in [0.3, 0.4) is 0 Å². The monoisotopic (exact) mass is 356 g/mol. The van der Waals surface area contributed by atoms with Crippen molar-refractivity contribution in [3.05, 3.63) is 60.7 Å². The standard InChI is InChI=1S/C14H16N2O5S2/c1-15(2)22(17,18)21-23(19,20)16(13-9-5-3-6-10-13)14-11-7-4-8-12-14/h3-12H,1-2H3. The second-order valence-electron chi connectivity index (χ2n) is 4.70. The van der Waals surface area contributed by atoms with E-state index in [1.807, 2.05) is 0 Å². The summed E-state index contributed by atoms with van der Waals surface area (Å²) in [5, 5.41) is 0. The topological polar surface area (TPSA) is 84.0 Å². The Bertz CT molecular complexity index is 811. The molecule has 0 aliphatic carbocycles. The average molecular weight is 356 g/mol. The molecule has 124 valence electrons. The smallest absolute Gasteiger partial charge is 0.215 e. The first-order valence-corrected chi connectivity index (χ1v) is 9.26. The largest absolute Gasteiger partial charge is 0.382 e. The minimum atomic E-state index is -4.63. The van der Waals surface area contributed by atoms with E-state index in [0.29, 0.717) is 4.31 Å². The van der Waals surface area contributed by atoms with E-state index in [-0.39, 0.29) is 11.4 Å². The van der Waals surface area contributed by atoms with Crippen LogP contribution < -0.4 is 4.31 Å². The van der Waals surface area contributed by atoms with Gasteiger partial charge in [-0.05, 0) is 24.3 Å². The highest BCUT2D eigenvalue weighted by molar-refractivity contribution is 7.99. The fourth-order valence-corrected chi connectivity index (χ4v) is 4.09. The zero-order valence-corrected chi connectivity index (χ0v) is 14.2. The lowest BCUT2D eigenvalue weighted by atomic mass is 10.3. The molecule has 0 aliphatic heterocycles. The molecule has 9 heteroatoms. The van der Waals surface area contributed by atoms with Gasteiger partial charge in [-0.25, -0.2) is 4.31 Å². The summed E-state index contributed by atoms with van der Waals surface area (Å²) in [6, 6.07) is 16.1. The van der Waals surface area contributed by atoms with Crippen molar-refractivity contribution in [2.24, 2.45) is 0 Å². The summed E-state index contributed by atoms with van der Waals surface area (Å²) in [5.41, 5.74) is 0.514. The Labute approximate surface area is 136 Å². The Morgan fingerprint density at radius 1 is 0.696 bits per heavy atom. The van der Waals surface area contributed by atoms with Crippen molar-refractivity contribution in [3.8, 4) is 0 Å². The van der Waals surface area contributed by atoms with Gasteiger partial charge in [0.25, 0.3) is 0 Å². The molecule has 0 aliphatic rings. The van der Waals surface area contributed by atoms with Gasteiger partial charge in [0.1, 0.15) is 0 Å². The molecule has 7 nitrogen and oxygen atoms in total. The third-order valence-corrected chi connectivity index (χ3v) is 5.96. The van der Waals surface area contributed by atoms with E-state index >= 15 is 0 Å². The molecule has 2 rings (SSSR count). The van der Waals surface area contributed by atoms with Crippen LogP contribution in [0.4, 0.5) is 11.4 Å². The summed E-state index contributed by atoms with van der Waals surface area (Å²) in [7, 11) is -6.68. The van der Waals surface area contributed by atoms with Gasteiger partial charge in [-0.2, -0.15) is 21.1 Å². The van der Waals surface area contributed by atoms with E-state index in [2.05, 4.69) is 3.63 Å². The lowest BCUT2D eigenvalue weighted by Gasteiger charge is -2.24. The molecule has 0 aromatic heterocycles. The zero-order valence-electron chi connectivity index (χ0n) is 12.5. The maximum Gasteiger partial charge on any atom is 0.382 e. The molecule has 0 unspecified atom stereocenters. The number of para-hydroxylation sites is 2. The molecular weight excluding hydrogens is 340 g/mol. The van der Waals surface area contributed by atoms with Gasteiger partial charge in [0.15, 0.2) is 0 Å². The molecule has 0 spiro atoms. The van der Waals surface area contributed by atoms with Crippen molar-refractivity contribution in [2.45, 2.75) is 0 Å².